The summed E-state index contributed by atoms with van der Waals surface area (Å²) < 4.78 is 82.7. The molecule has 2 aliphatic rings. The third-order valence-corrected chi connectivity index (χ3v) is 5.55. The van der Waals surface area contributed by atoms with Crippen LogP contribution in [0.5, 0.6) is 0 Å². The lowest BCUT2D eigenvalue weighted by Crippen LogP contribution is -2.52. The van der Waals surface area contributed by atoms with Gasteiger partial charge in [0.1, 0.15) is 5.82 Å². The van der Waals surface area contributed by atoms with E-state index in [1.165, 1.54) is 12.1 Å². The number of alkyl halides is 6. The molecule has 0 aliphatic carbocycles. The van der Waals surface area contributed by atoms with Gasteiger partial charge in [-0.3, -0.25) is 9.69 Å². The second-order valence-corrected chi connectivity index (χ2v) is 8.93. The van der Waals surface area contributed by atoms with E-state index in [4.69, 9.17) is 24.5 Å². The molecular weight excluding hydrogens is 547 g/mol. The number of aliphatic carboxylic acids is 2. The van der Waals surface area contributed by atoms with Crippen LogP contribution in [0.1, 0.15) is 12.0 Å². The average Bonchev–Trinajstić information content (AvgIpc) is 3.20. The average molecular weight is 577 g/mol. The monoisotopic (exact) mass is 577 g/mol. The van der Waals surface area contributed by atoms with E-state index >= 15 is 0 Å². The Morgan fingerprint density at radius 2 is 1.56 bits per heavy atom. The lowest BCUT2D eigenvalue weighted by Gasteiger charge is -2.37. The summed E-state index contributed by atoms with van der Waals surface area (Å²) in [5, 5.41) is 14.2. The predicted molar refractivity (Wildman–Crippen MR) is 122 cm³/mol. The molecule has 0 aromatic heterocycles. The van der Waals surface area contributed by atoms with Crippen LogP contribution in [-0.4, -0.2) is 121 Å². The Hall–Kier alpha value is -2.98. The third kappa shape index (κ3) is 13.1. The number of hydrogen-bond donors (Lipinski definition) is 2. The van der Waals surface area contributed by atoms with Gasteiger partial charge in [-0.15, -0.1) is 0 Å². The number of carboxylic acid groups (broad SMARTS) is 2. The molecule has 1 amide bonds. The molecule has 1 aromatic carbocycles. The standard InChI is InChI=1S/C19H28FN3O2.2C2HF3O2/c1-21(2)8-9-25-18-12-17-13-23(7-6-22(17)14-18)19(24)11-15-4-3-5-16(20)10-15;2*3-2(4,5)1(6)7/h3-5,10,17-18H,6-9,11-14H2,1-2H3;2*(H,6,7)/t17-,18+;;/m0../s1. The van der Waals surface area contributed by atoms with E-state index in [0.717, 1.165) is 51.3 Å². The topological polar surface area (TPSA) is 111 Å². The van der Waals surface area contributed by atoms with Gasteiger partial charge in [-0.2, -0.15) is 26.3 Å². The second kappa shape index (κ2) is 15.0. The van der Waals surface area contributed by atoms with Crippen molar-refractivity contribution in [2.24, 2.45) is 0 Å². The van der Waals surface area contributed by atoms with E-state index in [1.54, 1.807) is 12.1 Å². The molecule has 9 nitrogen and oxygen atoms in total. The number of rotatable bonds is 6. The molecule has 222 valence electrons. The molecule has 2 N–H and O–H groups in total. The van der Waals surface area contributed by atoms with Crippen molar-refractivity contribution in [1.29, 1.82) is 0 Å². The molecule has 2 heterocycles. The first-order valence-electron chi connectivity index (χ1n) is 11.5. The van der Waals surface area contributed by atoms with Crippen LogP contribution >= 0.6 is 0 Å². The molecule has 0 unspecified atom stereocenters. The van der Waals surface area contributed by atoms with Crippen LogP contribution in [0.25, 0.3) is 0 Å². The number of nitrogens with zero attached hydrogens (tertiary/aromatic N) is 3. The summed E-state index contributed by atoms with van der Waals surface area (Å²) in [6.07, 6.45) is -8.65. The van der Waals surface area contributed by atoms with Crippen LogP contribution in [0.2, 0.25) is 0 Å². The third-order valence-electron chi connectivity index (χ3n) is 5.55. The minimum atomic E-state index is -5.08. The van der Waals surface area contributed by atoms with Gasteiger partial charge in [-0.1, -0.05) is 12.1 Å². The lowest BCUT2D eigenvalue weighted by molar-refractivity contribution is -0.193. The Bertz CT molecular complexity index is 935. The van der Waals surface area contributed by atoms with E-state index < -0.39 is 24.3 Å². The summed E-state index contributed by atoms with van der Waals surface area (Å²) in [7, 11) is 4.09. The van der Waals surface area contributed by atoms with Crippen molar-refractivity contribution in [1.82, 2.24) is 14.7 Å². The first-order valence-corrected chi connectivity index (χ1v) is 11.5. The number of ether oxygens (including phenoxy) is 1. The maximum Gasteiger partial charge on any atom is 0.490 e. The second-order valence-electron chi connectivity index (χ2n) is 8.93. The maximum absolute atomic E-state index is 13.3. The predicted octanol–water partition coefficient (Wildman–Crippen LogP) is 2.50. The Morgan fingerprint density at radius 1 is 1.00 bits per heavy atom. The van der Waals surface area contributed by atoms with Crippen molar-refractivity contribution in [2.75, 3.05) is 53.4 Å². The first-order chi connectivity index (χ1) is 17.9. The van der Waals surface area contributed by atoms with Crippen molar-refractivity contribution >= 4 is 17.8 Å². The number of benzene rings is 1. The Kier molecular flexibility index (Phi) is 13.1. The fourth-order valence-electron chi connectivity index (χ4n) is 3.68. The number of carbonyl (C=O) groups excluding carboxylic acids is 1. The summed E-state index contributed by atoms with van der Waals surface area (Å²) >= 11 is 0. The van der Waals surface area contributed by atoms with Crippen molar-refractivity contribution in [3.63, 3.8) is 0 Å². The number of fused-ring (bicyclic) bond motifs is 1. The Morgan fingerprint density at radius 3 is 2.05 bits per heavy atom. The van der Waals surface area contributed by atoms with Gasteiger partial charge >= 0.3 is 24.3 Å². The molecule has 0 spiro atoms. The molecule has 1 aromatic rings. The van der Waals surface area contributed by atoms with Gasteiger partial charge in [0.2, 0.25) is 5.91 Å². The van der Waals surface area contributed by atoms with Crippen molar-refractivity contribution in [3.05, 3.63) is 35.6 Å². The number of piperazine rings is 1. The molecule has 2 fully saturated rings. The van der Waals surface area contributed by atoms with E-state index in [2.05, 4.69) is 9.80 Å². The van der Waals surface area contributed by atoms with Crippen LogP contribution in [0.15, 0.2) is 24.3 Å². The van der Waals surface area contributed by atoms with Crippen molar-refractivity contribution < 1.29 is 60.1 Å². The Labute approximate surface area is 219 Å². The smallest absolute Gasteiger partial charge is 0.475 e. The lowest BCUT2D eigenvalue weighted by atomic mass is 10.1. The molecule has 39 heavy (non-hydrogen) atoms. The normalized spacial score (nSPS) is 19.4. The summed E-state index contributed by atoms with van der Waals surface area (Å²) in [5.74, 6) is -5.72. The van der Waals surface area contributed by atoms with Gasteiger partial charge in [-0.05, 0) is 38.2 Å². The van der Waals surface area contributed by atoms with Crippen LogP contribution in [0.3, 0.4) is 0 Å². The first kappa shape index (κ1) is 34.0. The summed E-state index contributed by atoms with van der Waals surface area (Å²) in [5.41, 5.74) is 0.740. The highest BCUT2D eigenvalue weighted by Crippen LogP contribution is 2.24. The zero-order valence-electron chi connectivity index (χ0n) is 21.1. The number of carbonyl (C=O) groups is 3. The van der Waals surface area contributed by atoms with Gasteiger partial charge in [0.25, 0.3) is 0 Å². The molecule has 2 atom stereocenters. The largest absolute Gasteiger partial charge is 0.490 e. The molecule has 0 radical (unpaired) electrons. The molecule has 0 bridgehead atoms. The minimum Gasteiger partial charge on any atom is -0.475 e. The summed E-state index contributed by atoms with van der Waals surface area (Å²) in [6, 6.07) is 6.69. The summed E-state index contributed by atoms with van der Waals surface area (Å²) in [6.45, 7) is 5.04. The quantitative estimate of drug-likeness (QED) is 0.497. The fourth-order valence-corrected chi connectivity index (χ4v) is 3.68. The molecule has 16 heteroatoms. The number of halogens is 7. The zero-order chi connectivity index (χ0) is 30.0. The van der Waals surface area contributed by atoms with Crippen LogP contribution in [0, 0.1) is 5.82 Å². The summed E-state index contributed by atoms with van der Waals surface area (Å²) in [4.78, 5) is 36.8. The maximum atomic E-state index is 13.3. The number of hydrogen-bond acceptors (Lipinski definition) is 6. The van der Waals surface area contributed by atoms with E-state index in [0.29, 0.717) is 6.04 Å². The fraction of sp³-hybridized carbons (Fsp3) is 0.609. The molecule has 2 aliphatic heterocycles. The van der Waals surface area contributed by atoms with Crippen LogP contribution in [-0.2, 0) is 25.5 Å². The minimum absolute atomic E-state index is 0.0854. The van der Waals surface area contributed by atoms with Crippen molar-refractivity contribution in [2.45, 2.75) is 37.3 Å². The number of amides is 1. The van der Waals surface area contributed by atoms with E-state index in [-0.39, 0.29) is 24.2 Å². The highest BCUT2D eigenvalue weighted by molar-refractivity contribution is 5.79. The SMILES string of the molecule is CN(C)CCO[C@@H]1C[C@H]2CN(C(=O)Cc3cccc(F)c3)CCN2C1.O=C(O)C(F)(F)F.O=C(O)C(F)(F)F. The van der Waals surface area contributed by atoms with Gasteiger partial charge < -0.3 is 24.7 Å². The number of likely N-dealkylation sites (N-methyl/N-ethyl adjacent to an activating group) is 1. The molecule has 3 rings (SSSR count). The Balaban J connectivity index is 0.000000449. The van der Waals surface area contributed by atoms with Crippen molar-refractivity contribution in [3.8, 4) is 0 Å². The van der Waals surface area contributed by atoms with E-state index in [9.17, 15) is 35.5 Å². The number of carboxylic acids is 2. The van der Waals surface area contributed by atoms with Crippen LogP contribution < -0.4 is 0 Å². The highest BCUT2D eigenvalue weighted by atomic mass is 19.4. The molecule has 0 saturated carbocycles. The van der Waals surface area contributed by atoms with E-state index in [1.807, 2.05) is 19.0 Å². The molecular formula is C23H30F7N3O6. The van der Waals surface area contributed by atoms with Gasteiger partial charge in [0.15, 0.2) is 0 Å². The van der Waals surface area contributed by atoms with Gasteiger partial charge in [0.05, 0.1) is 19.1 Å². The van der Waals surface area contributed by atoms with Crippen LogP contribution in [0.4, 0.5) is 30.7 Å². The van der Waals surface area contributed by atoms with Gasteiger partial charge in [0, 0.05) is 38.8 Å². The molecule has 2 saturated heterocycles. The zero-order valence-corrected chi connectivity index (χ0v) is 21.1. The van der Waals surface area contributed by atoms with Gasteiger partial charge in [-0.25, -0.2) is 14.0 Å². The highest BCUT2D eigenvalue weighted by Gasteiger charge is 2.39.